The van der Waals surface area contributed by atoms with Gasteiger partial charge in [-0.2, -0.15) is 11.8 Å². The monoisotopic (exact) mass is 252 g/mol. The Morgan fingerprint density at radius 3 is 2.93 bits per heavy atom. The van der Waals surface area contributed by atoms with Gasteiger partial charge in [0.15, 0.2) is 0 Å². The van der Waals surface area contributed by atoms with E-state index in [-0.39, 0.29) is 11.8 Å². The number of hydrogen-bond donors (Lipinski definition) is 2. The molecule has 15 heavy (non-hydrogen) atoms. The third kappa shape index (κ3) is 5.75. The first-order valence-electron chi connectivity index (χ1n) is 5.34. The van der Waals surface area contributed by atoms with Crippen LogP contribution in [-0.4, -0.2) is 45.3 Å². The van der Waals surface area contributed by atoms with E-state index in [2.05, 4.69) is 10.0 Å². The second-order valence-electron chi connectivity index (χ2n) is 3.82. The Hall–Kier alpha value is 0.220. The van der Waals surface area contributed by atoms with Gasteiger partial charge in [-0.25, -0.2) is 13.1 Å². The Bertz CT molecular complexity index is 261. The fourth-order valence-electron chi connectivity index (χ4n) is 1.67. The minimum Gasteiger partial charge on any atom is -0.313 e. The topological polar surface area (TPSA) is 58.2 Å². The number of nitrogens with one attached hydrogen (secondary N) is 2. The van der Waals surface area contributed by atoms with Crippen molar-refractivity contribution in [3.05, 3.63) is 0 Å². The average Bonchev–Trinajstić information content (AvgIpc) is 2.64. The molecule has 90 valence electrons. The fraction of sp³-hybridized carbons (Fsp3) is 1.00. The van der Waals surface area contributed by atoms with E-state index in [9.17, 15) is 8.42 Å². The molecule has 2 N–H and O–H groups in total. The minimum absolute atomic E-state index is 0.156. The van der Waals surface area contributed by atoms with Gasteiger partial charge >= 0.3 is 0 Å². The Labute approximate surface area is 96.6 Å². The first-order chi connectivity index (χ1) is 7.14. The highest BCUT2D eigenvalue weighted by atomic mass is 32.2. The second-order valence-corrected chi connectivity index (χ2v) is 6.65. The maximum Gasteiger partial charge on any atom is 0.213 e. The zero-order valence-corrected chi connectivity index (χ0v) is 10.8. The maximum absolute atomic E-state index is 11.6. The van der Waals surface area contributed by atoms with Gasteiger partial charge in [-0.1, -0.05) is 0 Å². The van der Waals surface area contributed by atoms with Crippen molar-refractivity contribution >= 4 is 21.8 Å². The summed E-state index contributed by atoms with van der Waals surface area (Å²) in [5, 5.41) is 3.19. The van der Waals surface area contributed by atoms with Crippen molar-refractivity contribution in [2.75, 3.05) is 30.9 Å². The second kappa shape index (κ2) is 6.73. The highest BCUT2D eigenvalue weighted by Crippen LogP contribution is 2.06. The molecule has 0 aromatic heterocycles. The van der Waals surface area contributed by atoms with Gasteiger partial charge in [0.25, 0.3) is 0 Å². The number of sulfonamides is 1. The molecule has 0 aromatic rings. The predicted molar refractivity (Wildman–Crippen MR) is 65.8 cm³/mol. The maximum atomic E-state index is 11.6. The standard InChI is InChI=1S/C9H20N2O2S2/c1-14-7-3-6-11-15(12,13)8-9-4-2-5-10-9/h9-11H,2-8H2,1H3. The van der Waals surface area contributed by atoms with Crippen molar-refractivity contribution in [3.8, 4) is 0 Å². The molecule has 0 aromatic carbocycles. The van der Waals surface area contributed by atoms with E-state index in [0.29, 0.717) is 6.54 Å². The van der Waals surface area contributed by atoms with Crippen LogP contribution in [0.15, 0.2) is 0 Å². The summed E-state index contributed by atoms with van der Waals surface area (Å²) in [5.74, 6) is 1.23. The van der Waals surface area contributed by atoms with Crippen LogP contribution in [0, 0.1) is 0 Å². The molecule has 1 aliphatic heterocycles. The molecule has 1 saturated heterocycles. The summed E-state index contributed by atoms with van der Waals surface area (Å²) in [7, 11) is -3.07. The lowest BCUT2D eigenvalue weighted by Crippen LogP contribution is -2.37. The van der Waals surface area contributed by atoms with Crippen LogP contribution >= 0.6 is 11.8 Å². The van der Waals surface area contributed by atoms with Gasteiger partial charge in [0.1, 0.15) is 0 Å². The van der Waals surface area contributed by atoms with Gasteiger partial charge in [0.05, 0.1) is 5.75 Å². The molecule has 0 radical (unpaired) electrons. The first-order valence-corrected chi connectivity index (χ1v) is 8.38. The highest BCUT2D eigenvalue weighted by molar-refractivity contribution is 7.98. The summed E-state index contributed by atoms with van der Waals surface area (Å²) in [6.07, 6.45) is 4.99. The molecule has 1 unspecified atom stereocenters. The van der Waals surface area contributed by atoms with Crippen LogP contribution < -0.4 is 10.0 Å². The van der Waals surface area contributed by atoms with Gasteiger partial charge in [0.2, 0.25) is 10.0 Å². The van der Waals surface area contributed by atoms with Crippen LogP contribution in [0.3, 0.4) is 0 Å². The third-order valence-electron chi connectivity index (χ3n) is 2.43. The number of hydrogen-bond acceptors (Lipinski definition) is 4. The van der Waals surface area contributed by atoms with E-state index in [1.807, 2.05) is 6.26 Å². The summed E-state index contributed by atoms with van der Waals surface area (Å²) >= 11 is 1.74. The van der Waals surface area contributed by atoms with Crippen LogP contribution in [0.25, 0.3) is 0 Å². The summed E-state index contributed by atoms with van der Waals surface area (Å²) in [5.41, 5.74) is 0. The Kier molecular flexibility index (Phi) is 5.96. The number of thioether (sulfide) groups is 1. The fourth-order valence-corrected chi connectivity index (χ4v) is 3.49. The summed E-state index contributed by atoms with van der Waals surface area (Å²) in [6, 6.07) is 0.156. The van der Waals surface area contributed by atoms with Crippen LogP contribution in [0.4, 0.5) is 0 Å². The van der Waals surface area contributed by atoms with E-state index in [1.54, 1.807) is 11.8 Å². The van der Waals surface area contributed by atoms with Gasteiger partial charge in [0, 0.05) is 12.6 Å². The minimum atomic E-state index is -3.07. The molecule has 1 rings (SSSR count). The predicted octanol–water partition coefficient (Wildman–Crippen LogP) is 0.411. The summed E-state index contributed by atoms with van der Waals surface area (Å²) in [6.45, 7) is 1.52. The summed E-state index contributed by atoms with van der Waals surface area (Å²) in [4.78, 5) is 0. The van der Waals surface area contributed by atoms with Crippen LogP contribution in [0.1, 0.15) is 19.3 Å². The third-order valence-corrected chi connectivity index (χ3v) is 4.61. The zero-order chi connectivity index (χ0) is 11.1. The molecular weight excluding hydrogens is 232 g/mol. The highest BCUT2D eigenvalue weighted by Gasteiger charge is 2.21. The first kappa shape index (κ1) is 13.3. The van der Waals surface area contributed by atoms with E-state index >= 15 is 0 Å². The molecule has 1 atom stereocenters. The molecule has 0 aliphatic carbocycles. The molecule has 0 amide bonds. The van der Waals surface area contributed by atoms with Crippen molar-refractivity contribution in [2.45, 2.75) is 25.3 Å². The van der Waals surface area contributed by atoms with Crippen molar-refractivity contribution in [3.63, 3.8) is 0 Å². The normalized spacial score (nSPS) is 22.1. The molecule has 0 bridgehead atoms. The lowest BCUT2D eigenvalue weighted by Gasteiger charge is -2.11. The molecular formula is C9H20N2O2S2. The van der Waals surface area contributed by atoms with Crippen molar-refractivity contribution in [1.29, 1.82) is 0 Å². The molecule has 0 saturated carbocycles. The van der Waals surface area contributed by atoms with Crippen molar-refractivity contribution in [1.82, 2.24) is 10.0 Å². The van der Waals surface area contributed by atoms with E-state index in [4.69, 9.17) is 0 Å². The average molecular weight is 252 g/mol. The molecule has 6 heteroatoms. The van der Waals surface area contributed by atoms with Crippen LogP contribution in [-0.2, 0) is 10.0 Å². The van der Waals surface area contributed by atoms with E-state index < -0.39 is 10.0 Å². The van der Waals surface area contributed by atoms with Crippen LogP contribution in [0.5, 0.6) is 0 Å². The molecule has 4 nitrogen and oxygen atoms in total. The van der Waals surface area contributed by atoms with Gasteiger partial charge in [-0.15, -0.1) is 0 Å². The summed E-state index contributed by atoms with van der Waals surface area (Å²) < 4.78 is 25.8. The van der Waals surface area contributed by atoms with E-state index in [0.717, 1.165) is 31.6 Å². The van der Waals surface area contributed by atoms with Gasteiger partial charge < -0.3 is 5.32 Å². The largest absolute Gasteiger partial charge is 0.313 e. The van der Waals surface area contributed by atoms with Crippen molar-refractivity contribution < 1.29 is 8.42 Å². The van der Waals surface area contributed by atoms with Gasteiger partial charge in [-0.3, -0.25) is 0 Å². The molecule has 0 spiro atoms. The molecule has 1 aliphatic rings. The quantitative estimate of drug-likeness (QED) is 0.644. The Morgan fingerprint density at radius 2 is 2.33 bits per heavy atom. The smallest absolute Gasteiger partial charge is 0.213 e. The lowest BCUT2D eigenvalue weighted by atomic mass is 10.3. The Morgan fingerprint density at radius 1 is 1.53 bits per heavy atom. The SMILES string of the molecule is CSCCCNS(=O)(=O)CC1CCCN1. The molecule has 1 heterocycles. The molecule has 1 fully saturated rings. The lowest BCUT2D eigenvalue weighted by molar-refractivity contribution is 0.563. The zero-order valence-electron chi connectivity index (χ0n) is 9.16. The van der Waals surface area contributed by atoms with Gasteiger partial charge in [-0.05, 0) is 37.8 Å². The van der Waals surface area contributed by atoms with Crippen molar-refractivity contribution in [2.24, 2.45) is 0 Å². The Balaban J connectivity index is 2.19. The number of rotatable bonds is 7. The van der Waals surface area contributed by atoms with E-state index in [1.165, 1.54) is 0 Å². The van der Waals surface area contributed by atoms with Crippen LogP contribution in [0.2, 0.25) is 0 Å².